The molecule has 0 saturated carbocycles. The maximum absolute atomic E-state index is 12.7. The highest BCUT2D eigenvalue weighted by Gasteiger charge is 2.31. The van der Waals surface area contributed by atoms with Crippen LogP contribution in [0.2, 0.25) is 0 Å². The number of likely N-dealkylation sites (N-methyl/N-ethyl adjacent to an activating group) is 1. The van der Waals surface area contributed by atoms with E-state index in [0.29, 0.717) is 12.1 Å². The van der Waals surface area contributed by atoms with E-state index in [1.165, 1.54) is 0 Å². The molecular formula is C15H22N6O. The van der Waals surface area contributed by atoms with E-state index in [0.717, 1.165) is 32.0 Å². The Balaban J connectivity index is 1.76. The fourth-order valence-electron chi connectivity index (χ4n) is 2.93. The van der Waals surface area contributed by atoms with Crippen molar-refractivity contribution in [3.63, 3.8) is 0 Å². The van der Waals surface area contributed by atoms with Crippen molar-refractivity contribution in [2.45, 2.75) is 26.4 Å². The van der Waals surface area contributed by atoms with E-state index in [-0.39, 0.29) is 11.9 Å². The summed E-state index contributed by atoms with van der Waals surface area (Å²) in [6.45, 7) is 8.11. The lowest BCUT2D eigenvalue weighted by atomic mass is 10.1. The van der Waals surface area contributed by atoms with Crippen LogP contribution in [0.3, 0.4) is 0 Å². The standard InChI is InChI=1S/C15H22N6O/c1-3-19-7-8-20(11-13(19)14-16-5-6-17-14)15(22)12-9-18-21(4-2)10-12/h5-6,9-10,13H,3-4,7-8,11H2,1-2H3,(H,16,17)/t13-/m0/s1. The van der Waals surface area contributed by atoms with Gasteiger partial charge in [-0.2, -0.15) is 5.10 Å². The topological polar surface area (TPSA) is 70.0 Å². The third kappa shape index (κ3) is 2.76. The summed E-state index contributed by atoms with van der Waals surface area (Å²) in [4.78, 5) is 24.5. The molecule has 118 valence electrons. The van der Waals surface area contributed by atoms with Gasteiger partial charge in [0.1, 0.15) is 5.82 Å². The van der Waals surface area contributed by atoms with Crippen molar-refractivity contribution in [2.75, 3.05) is 26.2 Å². The number of H-pyrrole nitrogens is 1. The smallest absolute Gasteiger partial charge is 0.257 e. The first kappa shape index (κ1) is 14.8. The van der Waals surface area contributed by atoms with E-state index >= 15 is 0 Å². The van der Waals surface area contributed by atoms with E-state index in [9.17, 15) is 4.79 Å². The summed E-state index contributed by atoms with van der Waals surface area (Å²) in [5.74, 6) is 0.968. The van der Waals surface area contributed by atoms with Crippen LogP contribution in [0.15, 0.2) is 24.8 Å². The van der Waals surface area contributed by atoms with Crippen molar-refractivity contribution >= 4 is 5.91 Å². The van der Waals surface area contributed by atoms with Gasteiger partial charge in [0.05, 0.1) is 17.8 Å². The van der Waals surface area contributed by atoms with Gasteiger partial charge in [-0.3, -0.25) is 14.4 Å². The van der Waals surface area contributed by atoms with Crippen molar-refractivity contribution < 1.29 is 4.79 Å². The fraction of sp³-hybridized carbons (Fsp3) is 0.533. The van der Waals surface area contributed by atoms with Gasteiger partial charge in [-0.1, -0.05) is 6.92 Å². The van der Waals surface area contributed by atoms with E-state index in [1.807, 2.05) is 24.2 Å². The number of rotatable bonds is 4. The molecule has 7 heteroatoms. The van der Waals surface area contributed by atoms with E-state index in [2.05, 4.69) is 26.9 Å². The SMILES string of the molecule is CCN1CCN(C(=O)c2cnn(CC)c2)C[C@H]1c1ncc[nH]1. The second-order valence-electron chi connectivity index (χ2n) is 5.45. The normalized spacial score (nSPS) is 19.5. The van der Waals surface area contributed by atoms with Crippen LogP contribution in [-0.2, 0) is 6.54 Å². The summed E-state index contributed by atoms with van der Waals surface area (Å²) in [5.41, 5.74) is 0.657. The number of hydrogen-bond donors (Lipinski definition) is 1. The Morgan fingerprint density at radius 2 is 2.23 bits per heavy atom. The number of nitrogens with zero attached hydrogens (tertiary/aromatic N) is 5. The largest absolute Gasteiger partial charge is 0.347 e. The van der Waals surface area contributed by atoms with Crippen LogP contribution in [0.25, 0.3) is 0 Å². The minimum absolute atomic E-state index is 0.0482. The van der Waals surface area contributed by atoms with Gasteiger partial charge in [0.25, 0.3) is 5.91 Å². The zero-order chi connectivity index (χ0) is 15.5. The zero-order valence-corrected chi connectivity index (χ0v) is 13.1. The van der Waals surface area contributed by atoms with Gasteiger partial charge in [0, 0.05) is 44.8 Å². The summed E-state index contributed by atoms with van der Waals surface area (Å²) in [6.07, 6.45) is 7.06. The Hall–Kier alpha value is -2.15. The van der Waals surface area contributed by atoms with Crippen LogP contribution in [-0.4, -0.2) is 61.6 Å². The molecule has 2 aromatic rings. The quantitative estimate of drug-likeness (QED) is 0.919. The number of carbonyl (C=O) groups excluding carboxylic acids is 1. The highest BCUT2D eigenvalue weighted by Crippen LogP contribution is 2.23. The molecule has 22 heavy (non-hydrogen) atoms. The number of nitrogens with one attached hydrogen (secondary N) is 1. The maximum Gasteiger partial charge on any atom is 0.257 e. The molecule has 0 aromatic carbocycles. The molecule has 7 nitrogen and oxygen atoms in total. The van der Waals surface area contributed by atoms with E-state index in [1.54, 1.807) is 17.1 Å². The number of imidazole rings is 1. The number of carbonyl (C=O) groups is 1. The Morgan fingerprint density at radius 3 is 2.86 bits per heavy atom. The number of hydrogen-bond acceptors (Lipinski definition) is 4. The first-order valence-electron chi connectivity index (χ1n) is 7.78. The second-order valence-corrected chi connectivity index (χ2v) is 5.45. The minimum atomic E-state index is 0.0482. The Morgan fingerprint density at radius 1 is 1.36 bits per heavy atom. The Labute approximate surface area is 129 Å². The molecule has 1 N–H and O–H groups in total. The molecule has 0 radical (unpaired) electrons. The molecule has 3 rings (SSSR count). The lowest BCUT2D eigenvalue weighted by Gasteiger charge is -2.39. The molecule has 1 aliphatic rings. The average Bonchev–Trinajstić information content (AvgIpc) is 3.24. The van der Waals surface area contributed by atoms with Gasteiger partial charge in [0.15, 0.2) is 0 Å². The van der Waals surface area contributed by atoms with Crippen LogP contribution in [0.1, 0.15) is 36.1 Å². The van der Waals surface area contributed by atoms with Crippen LogP contribution in [0, 0.1) is 0 Å². The number of aromatic amines is 1. The lowest BCUT2D eigenvalue weighted by molar-refractivity contribution is 0.0480. The monoisotopic (exact) mass is 302 g/mol. The molecule has 0 aliphatic carbocycles. The molecular weight excluding hydrogens is 280 g/mol. The summed E-state index contributed by atoms with van der Waals surface area (Å²) in [7, 11) is 0. The molecule has 0 bridgehead atoms. The Bertz CT molecular complexity index is 620. The van der Waals surface area contributed by atoms with Crippen molar-refractivity contribution in [3.05, 3.63) is 36.2 Å². The van der Waals surface area contributed by atoms with Crippen molar-refractivity contribution in [1.29, 1.82) is 0 Å². The van der Waals surface area contributed by atoms with Crippen LogP contribution < -0.4 is 0 Å². The number of aryl methyl sites for hydroxylation is 1. The van der Waals surface area contributed by atoms with Crippen LogP contribution >= 0.6 is 0 Å². The van der Waals surface area contributed by atoms with Crippen LogP contribution in [0.5, 0.6) is 0 Å². The van der Waals surface area contributed by atoms with Crippen LogP contribution in [0.4, 0.5) is 0 Å². The molecule has 1 saturated heterocycles. The van der Waals surface area contributed by atoms with E-state index in [4.69, 9.17) is 0 Å². The predicted molar refractivity (Wildman–Crippen MR) is 82.4 cm³/mol. The van der Waals surface area contributed by atoms with Gasteiger partial charge in [-0.15, -0.1) is 0 Å². The first-order chi connectivity index (χ1) is 10.7. The van der Waals surface area contributed by atoms with Gasteiger partial charge in [-0.05, 0) is 13.5 Å². The molecule has 0 unspecified atom stereocenters. The predicted octanol–water partition coefficient (Wildman–Crippen LogP) is 1.15. The lowest BCUT2D eigenvalue weighted by Crippen LogP contribution is -2.50. The third-order valence-corrected chi connectivity index (χ3v) is 4.22. The van der Waals surface area contributed by atoms with Gasteiger partial charge in [0.2, 0.25) is 0 Å². The molecule has 0 spiro atoms. The summed E-state index contributed by atoms with van der Waals surface area (Å²) < 4.78 is 1.78. The first-order valence-corrected chi connectivity index (χ1v) is 7.78. The van der Waals surface area contributed by atoms with Gasteiger partial charge >= 0.3 is 0 Å². The highest BCUT2D eigenvalue weighted by molar-refractivity contribution is 5.93. The number of piperazine rings is 1. The molecule has 1 aliphatic heterocycles. The molecule has 3 heterocycles. The summed E-state index contributed by atoms with van der Waals surface area (Å²) >= 11 is 0. The minimum Gasteiger partial charge on any atom is -0.347 e. The van der Waals surface area contributed by atoms with Crippen molar-refractivity contribution in [1.82, 2.24) is 29.5 Å². The summed E-state index contributed by atoms with van der Waals surface area (Å²) in [5, 5.41) is 4.19. The fourth-order valence-corrected chi connectivity index (χ4v) is 2.93. The molecule has 1 amide bonds. The third-order valence-electron chi connectivity index (χ3n) is 4.22. The number of aromatic nitrogens is 4. The van der Waals surface area contributed by atoms with Crippen molar-refractivity contribution in [2.24, 2.45) is 0 Å². The average molecular weight is 302 g/mol. The molecule has 2 aromatic heterocycles. The van der Waals surface area contributed by atoms with E-state index < -0.39 is 0 Å². The summed E-state index contributed by atoms with van der Waals surface area (Å²) in [6, 6.07) is 0.124. The van der Waals surface area contributed by atoms with Gasteiger partial charge in [-0.25, -0.2) is 4.98 Å². The molecule has 1 atom stereocenters. The highest BCUT2D eigenvalue weighted by atomic mass is 16.2. The van der Waals surface area contributed by atoms with Gasteiger partial charge < -0.3 is 9.88 Å². The van der Waals surface area contributed by atoms with Crippen molar-refractivity contribution in [3.8, 4) is 0 Å². The maximum atomic E-state index is 12.7. The second kappa shape index (κ2) is 6.31. The number of amides is 1. The molecule has 1 fully saturated rings. The Kier molecular flexibility index (Phi) is 4.24. The zero-order valence-electron chi connectivity index (χ0n) is 13.1.